The molecular weight excluding hydrogens is 246 g/mol. The van der Waals surface area contributed by atoms with Gasteiger partial charge in [-0.25, -0.2) is 0 Å². The van der Waals surface area contributed by atoms with Crippen molar-refractivity contribution in [2.45, 2.75) is 31.0 Å². The number of ether oxygens (including phenoxy) is 1. The smallest absolute Gasteiger partial charge is 0.225 e. The van der Waals surface area contributed by atoms with E-state index >= 15 is 0 Å². The van der Waals surface area contributed by atoms with Crippen LogP contribution < -0.4 is 5.32 Å². The SMILES string of the molecule is CCCC(Br)CNC(=O)C1CCOC1. The summed E-state index contributed by atoms with van der Waals surface area (Å²) in [5.41, 5.74) is 0. The zero-order valence-corrected chi connectivity index (χ0v) is 10.2. The van der Waals surface area contributed by atoms with Crippen LogP contribution in [0.5, 0.6) is 0 Å². The van der Waals surface area contributed by atoms with Crippen LogP contribution in [-0.2, 0) is 9.53 Å². The summed E-state index contributed by atoms with van der Waals surface area (Å²) in [6.07, 6.45) is 3.10. The highest BCUT2D eigenvalue weighted by atomic mass is 79.9. The molecule has 1 heterocycles. The molecule has 0 aromatic rings. The Morgan fingerprint density at radius 1 is 1.71 bits per heavy atom. The Balaban J connectivity index is 2.13. The number of hydrogen-bond donors (Lipinski definition) is 1. The fraction of sp³-hybridized carbons (Fsp3) is 0.900. The summed E-state index contributed by atoms with van der Waals surface area (Å²) in [6, 6.07) is 0. The summed E-state index contributed by atoms with van der Waals surface area (Å²) >= 11 is 3.53. The van der Waals surface area contributed by atoms with Gasteiger partial charge in [-0.2, -0.15) is 0 Å². The lowest BCUT2D eigenvalue weighted by atomic mass is 10.1. The third-order valence-electron chi connectivity index (χ3n) is 2.40. The maximum Gasteiger partial charge on any atom is 0.225 e. The molecule has 1 amide bonds. The molecule has 0 saturated carbocycles. The number of alkyl halides is 1. The molecule has 1 N–H and O–H groups in total. The average molecular weight is 264 g/mol. The predicted octanol–water partition coefficient (Wildman–Crippen LogP) is 1.70. The van der Waals surface area contributed by atoms with Crippen molar-refractivity contribution in [1.29, 1.82) is 0 Å². The molecule has 82 valence electrons. The quantitative estimate of drug-likeness (QED) is 0.767. The first-order valence-corrected chi connectivity index (χ1v) is 6.15. The molecule has 0 spiro atoms. The van der Waals surface area contributed by atoms with Crippen LogP contribution >= 0.6 is 15.9 Å². The van der Waals surface area contributed by atoms with Crippen LogP contribution in [0.25, 0.3) is 0 Å². The zero-order chi connectivity index (χ0) is 10.4. The summed E-state index contributed by atoms with van der Waals surface area (Å²) in [5.74, 6) is 0.222. The third kappa shape index (κ3) is 3.96. The third-order valence-corrected chi connectivity index (χ3v) is 3.18. The largest absolute Gasteiger partial charge is 0.381 e. The van der Waals surface area contributed by atoms with Crippen LogP contribution in [-0.4, -0.2) is 30.5 Å². The number of rotatable bonds is 5. The van der Waals surface area contributed by atoms with Gasteiger partial charge in [-0.05, 0) is 12.8 Å². The standard InChI is InChI=1S/C10H18BrNO2/c1-2-3-9(11)6-12-10(13)8-4-5-14-7-8/h8-9H,2-7H2,1H3,(H,12,13). The van der Waals surface area contributed by atoms with E-state index in [9.17, 15) is 4.79 Å². The second kappa shape index (κ2) is 6.40. The number of amides is 1. The van der Waals surface area contributed by atoms with E-state index in [0.717, 1.165) is 32.4 Å². The Labute approximate surface area is 93.7 Å². The van der Waals surface area contributed by atoms with Crippen molar-refractivity contribution in [1.82, 2.24) is 5.32 Å². The molecule has 3 nitrogen and oxygen atoms in total. The Bertz CT molecular complexity index is 181. The highest BCUT2D eigenvalue weighted by Crippen LogP contribution is 2.12. The molecule has 4 heteroatoms. The molecular formula is C10H18BrNO2. The molecule has 0 radical (unpaired) electrons. The van der Waals surface area contributed by atoms with Crippen molar-refractivity contribution in [2.24, 2.45) is 5.92 Å². The van der Waals surface area contributed by atoms with Gasteiger partial charge in [0.25, 0.3) is 0 Å². The molecule has 1 fully saturated rings. The first-order valence-electron chi connectivity index (χ1n) is 5.23. The average Bonchev–Trinajstić information content (AvgIpc) is 2.67. The summed E-state index contributed by atoms with van der Waals surface area (Å²) in [6.45, 7) is 4.18. The normalized spacial score (nSPS) is 23.4. The molecule has 0 bridgehead atoms. The summed E-state index contributed by atoms with van der Waals surface area (Å²) in [4.78, 5) is 11.9. The lowest BCUT2D eigenvalue weighted by Gasteiger charge is -2.12. The van der Waals surface area contributed by atoms with Crippen LogP contribution in [0.2, 0.25) is 0 Å². The summed E-state index contributed by atoms with van der Waals surface area (Å²) in [5, 5.41) is 2.94. The van der Waals surface area contributed by atoms with Crippen molar-refractivity contribution in [3.8, 4) is 0 Å². The minimum Gasteiger partial charge on any atom is -0.381 e. The first kappa shape index (κ1) is 12.0. The molecule has 1 saturated heterocycles. The lowest BCUT2D eigenvalue weighted by molar-refractivity contribution is -0.124. The minimum atomic E-state index is 0.0799. The monoisotopic (exact) mass is 263 g/mol. The van der Waals surface area contributed by atoms with E-state index < -0.39 is 0 Å². The molecule has 1 aliphatic heterocycles. The van der Waals surface area contributed by atoms with E-state index in [0.29, 0.717) is 11.4 Å². The maximum atomic E-state index is 11.5. The van der Waals surface area contributed by atoms with Crippen molar-refractivity contribution in [2.75, 3.05) is 19.8 Å². The Kier molecular flexibility index (Phi) is 5.48. The highest BCUT2D eigenvalue weighted by molar-refractivity contribution is 9.09. The van der Waals surface area contributed by atoms with Crippen LogP contribution in [0, 0.1) is 5.92 Å². The minimum absolute atomic E-state index is 0.0799. The van der Waals surface area contributed by atoms with Gasteiger partial charge in [-0.15, -0.1) is 0 Å². The van der Waals surface area contributed by atoms with Crippen LogP contribution in [0.3, 0.4) is 0 Å². The second-order valence-electron chi connectivity index (χ2n) is 3.69. The maximum absolute atomic E-state index is 11.5. The topological polar surface area (TPSA) is 38.3 Å². The van der Waals surface area contributed by atoms with Crippen LogP contribution in [0.1, 0.15) is 26.2 Å². The van der Waals surface area contributed by atoms with Gasteiger partial charge in [0, 0.05) is 18.0 Å². The highest BCUT2D eigenvalue weighted by Gasteiger charge is 2.23. The fourth-order valence-corrected chi connectivity index (χ4v) is 2.13. The Hall–Kier alpha value is -0.0900. The first-order chi connectivity index (χ1) is 6.74. The molecule has 1 rings (SSSR count). The van der Waals surface area contributed by atoms with Crippen molar-refractivity contribution >= 4 is 21.8 Å². The Morgan fingerprint density at radius 2 is 2.50 bits per heavy atom. The molecule has 0 aromatic carbocycles. The van der Waals surface area contributed by atoms with Gasteiger partial charge >= 0.3 is 0 Å². The Morgan fingerprint density at radius 3 is 3.07 bits per heavy atom. The van der Waals surface area contributed by atoms with E-state index in [1.54, 1.807) is 0 Å². The number of carbonyl (C=O) groups is 1. The number of hydrogen-bond acceptors (Lipinski definition) is 2. The van der Waals surface area contributed by atoms with Crippen molar-refractivity contribution in [3.05, 3.63) is 0 Å². The molecule has 14 heavy (non-hydrogen) atoms. The zero-order valence-electron chi connectivity index (χ0n) is 8.59. The van der Waals surface area contributed by atoms with Crippen molar-refractivity contribution < 1.29 is 9.53 Å². The van der Waals surface area contributed by atoms with E-state index in [-0.39, 0.29) is 11.8 Å². The number of nitrogens with one attached hydrogen (secondary N) is 1. The molecule has 1 aliphatic rings. The number of carbonyl (C=O) groups excluding carboxylic acids is 1. The van der Waals surface area contributed by atoms with E-state index in [1.807, 2.05) is 0 Å². The lowest BCUT2D eigenvalue weighted by Crippen LogP contribution is -2.34. The van der Waals surface area contributed by atoms with E-state index in [4.69, 9.17) is 4.74 Å². The van der Waals surface area contributed by atoms with Gasteiger partial charge in [0.2, 0.25) is 5.91 Å². The molecule has 2 atom stereocenters. The van der Waals surface area contributed by atoms with Gasteiger partial charge in [-0.3, -0.25) is 4.79 Å². The van der Waals surface area contributed by atoms with Gasteiger partial charge < -0.3 is 10.1 Å². The molecule has 0 aromatic heterocycles. The van der Waals surface area contributed by atoms with Crippen molar-refractivity contribution in [3.63, 3.8) is 0 Å². The van der Waals surface area contributed by atoms with Crippen LogP contribution in [0.15, 0.2) is 0 Å². The number of halogens is 1. The van der Waals surface area contributed by atoms with Crippen LogP contribution in [0.4, 0.5) is 0 Å². The van der Waals surface area contributed by atoms with E-state index in [1.165, 1.54) is 0 Å². The summed E-state index contributed by atoms with van der Waals surface area (Å²) in [7, 11) is 0. The van der Waals surface area contributed by atoms with Gasteiger partial charge in [-0.1, -0.05) is 29.3 Å². The van der Waals surface area contributed by atoms with Gasteiger partial charge in [0.15, 0.2) is 0 Å². The van der Waals surface area contributed by atoms with E-state index in [2.05, 4.69) is 28.2 Å². The van der Waals surface area contributed by atoms with Gasteiger partial charge in [0.1, 0.15) is 0 Å². The molecule has 2 unspecified atom stereocenters. The predicted molar refractivity (Wildman–Crippen MR) is 59.6 cm³/mol. The van der Waals surface area contributed by atoms with Gasteiger partial charge in [0.05, 0.1) is 12.5 Å². The molecule has 0 aliphatic carbocycles. The fourth-order valence-electron chi connectivity index (χ4n) is 1.51. The summed E-state index contributed by atoms with van der Waals surface area (Å²) < 4.78 is 5.16. The second-order valence-corrected chi connectivity index (χ2v) is 4.99.